The normalized spacial score (nSPS) is 23.4. The predicted molar refractivity (Wildman–Crippen MR) is 83.9 cm³/mol. The highest BCUT2D eigenvalue weighted by Crippen LogP contribution is 2.36. The predicted octanol–water partition coefficient (Wildman–Crippen LogP) is 1.68. The summed E-state index contributed by atoms with van der Waals surface area (Å²) >= 11 is 0. The molecule has 0 N–H and O–H groups in total. The number of hydrogen-bond acceptors (Lipinski definition) is 6. The van der Waals surface area contributed by atoms with Gasteiger partial charge in [0.25, 0.3) is 0 Å². The Hall–Kier alpha value is -2.05. The summed E-state index contributed by atoms with van der Waals surface area (Å²) in [6, 6.07) is 6.34. The average molecular weight is 312 g/mol. The Balaban J connectivity index is 1.32. The Labute approximate surface area is 135 Å². The SMILES string of the molecule is c1cnc(OC2CCOC3(C2)CN(Cc2cccnc2)C3)nc1. The highest BCUT2D eigenvalue weighted by Gasteiger charge is 2.48. The minimum atomic E-state index is -0.0695. The van der Waals surface area contributed by atoms with Gasteiger partial charge in [0.15, 0.2) is 0 Å². The van der Waals surface area contributed by atoms with Crippen LogP contribution >= 0.6 is 0 Å². The highest BCUT2D eigenvalue weighted by atomic mass is 16.5. The molecule has 1 atom stereocenters. The molecule has 1 spiro atoms. The number of pyridine rings is 1. The first-order chi connectivity index (χ1) is 11.3. The van der Waals surface area contributed by atoms with Crippen LogP contribution in [-0.4, -0.2) is 51.3 Å². The fraction of sp³-hybridized carbons (Fsp3) is 0.471. The molecule has 0 aromatic carbocycles. The van der Waals surface area contributed by atoms with E-state index in [1.165, 1.54) is 5.56 Å². The average Bonchev–Trinajstić information content (AvgIpc) is 2.56. The van der Waals surface area contributed by atoms with E-state index in [0.29, 0.717) is 6.01 Å². The molecule has 6 heteroatoms. The third-order valence-corrected chi connectivity index (χ3v) is 4.41. The number of aromatic nitrogens is 3. The molecule has 2 aliphatic heterocycles. The van der Waals surface area contributed by atoms with Crippen molar-refractivity contribution in [2.24, 2.45) is 0 Å². The molecule has 0 bridgehead atoms. The van der Waals surface area contributed by atoms with Crippen LogP contribution in [0.15, 0.2) is 43.0 Å². The van der Waals surface area contributed by atoms with Crippen molar-refractivity contribution in [2.45, 2.75) is 31.1 Å². The van der Waals surface area contributed by atoms with Crippen LogP contribution in [0.5, 0.6) is 6.01 Å². The van der Waals surface area contributed by atoms with E-state index in [1.54, 1.807) is 24.7 Å². The van der Waals surface area contributed by atoms with E-state index in [9.17, 15) is 0 Å². The quantitative estimate of drug-likeness (QED) is 0.856. The van der Waals surface area contributed by atoms with Crippen molar-refractivity contribution < 1.29 is 9.47 Å². The van der Waals surface area contributed by atoms with Crippen LogP contribution in [0, 0.1) is 0 Å². The molecule has 23 heavy (non-hydrogen) atoms. The minimum absolute atomic E-state index is 0.0695. The van der Waals surface area contributed by atoms with Crippen LogP contribution in [0.3, 0.4) is 0 Å². The first-order valence-electron chi connectivity index (χ1n) is 8.00. The maximum atomic E-state index is 6.06. The molecule has 0 radical (unpaired) electrons. The molecule has 2 aliphatic rings. The summed E-state index contributed by atoms with van der Waals surface area (Å²) in [5.41, 5.74) is 1.17. The summed E-state index contributed by atoms with van der Waals surface area (Å²) < 4.78 is 12.0. The molecule has 120 valence electrons. The van der Waals surface area contributed by atoms with Gasteiger partial charge < -0.3 is 9.47 Å². The maximum Gasteiger partial charge on any atom is 0.316 e. The van der Waals surface area contributed by atoms with Crippen molar-refractivity contribution >= 4 is 0 Å². The van der Waals surface area contributed by atoms with Crippen molar-refractivity contribution in [3.63, 3.8) is 0 Å². The number of nitrogens with zero attached hydrogens (tertiary/aromatic N) is 4. The van der Waals surface area contributed by atoms with Gasteiger partial charge in [0.1, 0.15) is 6.10 Å². The van der Waals surface area contributed by atoms with E-state index >= 15 is 0 Å². The number of hydrogen-bond donors (Lipinski definition) is 0. The van der Waals surface area contributed by atoms with Crippen LogP contribution in [-0.2, 0) is 11.3 Å². The Morgan fingerprint density at radius 1 is 1.22 bits per heavy atom. The van der Waals surface area contributed by atoms with Gasteiger partial charge in [-0.25, -0.2) is 9.97 Å². The Morgan fingerprint density at radius 3 is 2.87 bits per heavy atom. The fourth-order valence-corrected chi connectivity index (χ4v) is 3.43. The third kappa shape index (κ3) is 3.33. The first-order valence-corrected chi connectivity index (χ1v) is 8.00. The smallest absolute Gasteiger partial charge is 0.316 e. The Bertz CT molecular complexity index is 632. The highest BCUT2D eigenvalue weighted by molar-refractivity contribution is 5.11. The molecule has 2 saturated heterocycles. The van der Waals surface area contributed by atoms with E-state index in [1.807, 2.05) is 12.3 Å². The molecule has 0 aliphatic carbocycles. The van der Waals surface area contributed by atoms with E-state index < -0.39 is 0 Å². The van der Waals surface area contributed by atoms with E-state index in [2.05, 4.69) is 25.9 Å². The zero-order valence-corrected chi connectivity index (χ0v) is 13.0. The molecule has 2 aromatic heterocycles. The second kappa shape index (κ2) is 6.22. The Morgan fingerprint density at radius 2 is 2.09 bits per heavy atom. The second-order valence-corrected chi connectivity index (χ2v) is 6.30. The monoisotopic (exact) mass is 312 g/mol. The zero-order chi connectivity index (χ0) is 15.5. The van der Waals surface area contributed by atoms with Crippen LogP contribution in [0.25, 0.3) is 0 Å². The van der Waals surface area contributed by atoms with Crippen LogP contribution in [0.1, 0.15) is 18.4 Å². The van der Waals surface area contributed by atoms with E-state index in [-0.39, 0.29) is 11.7 Å². The lowest BCUT2D eigenvalue weighted by molar-refractivity contribution is -0.188. The van der Waals surface area contributed by atoms with E-state index in [4.69, 9.17) is 9.47 Å². The van der Waals surface area contributed by atoms with Gasteiger partial charge in [-0.1, -0.05) is 6.07 Å². The molecule has 0 amide bonds. The summed E-state index contributed by atoms with van der Waals surface area (Å²) in [6.45, 7) is 3.54. The minimum Gasteiger partial charge on any atom is -0.460 e. The topological polar surface area (TPSA) is 60.4 Å². The molecular formula is C17H20N4O2. The Kier molecular flexibility index (Phi) is 3.93. The van der Waals surface area contributed by atoms with Gasteiger partial charge in [-0.05, 0) is 17.7 Å². The van der Waals surface area contributed by atoms with Gasteiger partial charge in [-0.2, -0.15) is 0 Å². The summed E-state index contributed by atoms with van der Waals surface area (Å²) in [7, 11) is 0. The lowest BCUT2D eigenvalue weighted by atomic mass is 9.84. The molecule has 1 unspecified atom stereocenters. The van der Waals surface area contributed by atoms with Crippen molar-refractivity contribution in [3.05, 3.63) is 48.5 Å². The van der Waals surface area contributed by atoms with Crippen molar-refractivity contribution in [3.8, 4) is 6.01 Å². The molecule has 0 saturated carbocycles. The van der Waals surface area contributed by atoms with Crippen LogP contribution < -0.4 is 4.74 Å². The molecule has 2 aromatic rings. The summed E-state index contributed by atoms with van der Waals surface area (Å²) in [4.78, 5) is 14.8. The lowest BCUT2D eigenvalue weighted by Gasteiger charge is -2.53. The maximum absolute atomic E-state index is 6.06. The van der Waals surface area contributed by atoms with Gasteiger partial charge >= 0.3 is 6.01 Å². The standard InChI is InChI=1S/C17H20N4O2/c1-3-14(10-18-5-1)11-21-12-17(13-21)9-15(4-8-22-17)23-16-19-6-2-7-20-16/h1-3,5-7,10,15H,4,8-9,11-13H2. The molecule has 4 heterocycles. The largest absolute Gasteiger partial charge is 0.460 e. The van der Waals surface area contributed by atoms with Gasteiger partial charge in [0, 0.05) is 57.3 Å². The first kappa shape index (κ1) is 14.5. The molecular weight excluding hydrogens is 292 g/mol. The van der Waals surface area contributed by atoms with Crippen molar-refractivity contribution in [1.29, 1.82) is 0 Å². The van der Waals surface area contributed by atoms with Gasteiger partial charge in [-0.3, -0.25) is 9.88 Å². The van der Waals surface area contributed by atoms with Crippen LogP contribution in [0.4, 0.5) is 0 Å². The summed E-state index contributed by atoms with van der Waals surface area (Å²) in [6.07, 6.45) is 9.06. The third-order valence-electron chi connectivity index (χ3n) is 4.41. The summed E-state index contributed by atoms with van der Waals surface area (Å²) in [5.74, 6) is 0. The molecule has 4 rings (SSSR count). The number of rotatable bonds is 4. The van der Waals surface area contributed by atoms with Crippen molar-refractivity contribution in [2.75, 3.05) is 19.7 Å². The van der Waals surface area contributed by atoms with E-state index in [0.717, 1.165) is 39.1 Å². The van der Waals surface area contributed by atoms with Crippen LogP contribution in [0.2, 0.25) is 0 Å². The summed E-state index contributed by atoms with van der Waals surface area (Å²) in [5, 5.41) is 0. The number of ether oxygens (including phenoxy) is 2. The molecule has 6 nitrogen and oxygen atoms in total. The zero-order valence-electron chi connectivity index (χ0n) is 13.0. The van der Waals surface area contributed by atoms with Crippen molar-refractivity contribution in [1.82, 2.24) is 19.9 Å². The number of likely N-dealkylation sites (tertiary alicyclic amines) is 1. The lowest BCUT2D eigenvalue weighted by Crippen LogP contribution is -2.65. The molecule has 2 fully saturated rings. The second-order valence-electron chi connectivity index (χ2n) is 6.30. The van der Waals surface area contributed by atoms with Gasteiger partial charge in [0.2, 0.25) is 0 Å². The van der Waals surface area contributed by atoms with Gasteiger partial charge in [0.05, 0.1) is 12.2 Å². The fourth-order valence-electron chi connectivity index (χ4n) is 3.43. The van der Waals surface area contributed by atoms with Gasteiger partial charge in [-0.15, -0.1) is 0 Å².